The van der Waals surface area contributed by atoms with E-state index in [0.29, 0.717) is 23.1 Å². The van der Waals surface area contributed by atoms with Crippen molar-refractivity contribution in [2.24, 2.45) is 0 Å². The fraction of sp³-hybridized carbons (Fsp3) is 0.444. The molecule has 7 nitrogen and oxygen atoms in total. The largest absolute Gasteiger partial charge is 0.355 e. The number of benzene rings is 1. The zero-order valence-electron chi connectivity index (χ0n) is 14.7. The Balaban J connectivity index is 1.87. The quantitative estimate of drug-likeness (QED) is 0.815. The first kappa shape index (κ1) is 18.0. The van der Waals surface area contributed by atoms with Crippen LogP contribution in [0.5, 0.6) is 0 Å². The van der Waals surface area contributed by atoms with Crippen molar-refractivity contribution in [3.8, 4) is 0 Å². The minimum Gasteiger partial charge on any atom is -0.355 e. The van der Waals surface area contributed by atoms with Crippen molar-refractivity contribution in [2.45, 2.75) is 39.0 Å². The van der Waals surface area contributed by atoms with Crippen molar-refractivity contribution in [1.29, 1.82) is 0 Å². The predicted molar refractivity (Wildman–Crippen MR) is 93.4 cm³/mol. The smallest absolute Gasteiger partial charge is 0.245 e. The number of rotatable bonds is 5. The summed E-state index contributed by atoms with van der Waals surface area (Å²) in [6.45, 7) is 3.33. The molecule has 138 valence electrons. The Hall–Kier alpha value is -2.77. The van der Waals surface area contributed by atoms with Crippen LogP contribution >= 0.6 is 0 Å². The number of fused-ring (bicyclic) bond motifs is 1. The number of hydrogen-bond donors (Lipinski definition) is 1. The van der Waals surface area contributed by atoms with Crippen LogP contribution in [0.15, 0.2) is 24.3 Å². The average Bonchev–Trinajstić information content (AvgIpc) is 3.17. The number of aromatic nitrogens is 2. The van der Waals surface area contributed by atoms with Crippen LogP contribution in [-0.2, 0) is 16.1 Å². The van der Waals surface area contributed by atoms with Crippen LogP contribution in [0.2, 0.25) is 0 Å². The number of carbonyl (C=O) groups excluding carboxylic acids is 3. The number of halogens is 1. The summed E-state index contributed by atoms with van der Waals surface area (Å²) in [5.41, 5.74) is 0.940. The SMILES string of the molecule is CCNC(=O)[C@@H]1C[C@@H](F)CN1C(=O)Cn1nc(C(C)=O)c2ccccc21. The molecule has 0 radical (unpaired) electrons. The van der Waals surface area contributed by atoms with Crippen molar-refractivity contribution >= 4 is 28.5 Å². The Morgan fingerprint density at radius 3 is 2.73 bits per heavy atom. The normalized spacial score (nSPS) is 19.7. The van der Waals surface area contributed by atoms with Gasteiger partial charge < -0.3 is 10.2 Å². The lowest BCUT2D eigenvalue weighted by atomic mass is 10.2. The highest BCUT2D eigenvalue weighted by atomic mass is 19.1. The van der Waals surface area contributed by atoms with E-state index in [1.165, 1.54) is 16.5 Å². The topological polar surface area (TPSA) is 84.3 Å². The monoisotopic (exact) mass is 360 g/mol. The minimum atomic E-state index is -1.23. The Bertz CT molecular complexity index is 863. The Morgan fingerprint density at radius 1 is 1.31 bits per heavy atom. The molecule has 1 N–H and O–H groups in total. The van der Waals surface area contributed by atoms with Gasteiger partial charge >= 0.3 is 0 Å². The highest BCUT2D eigenvalue weighted by molar-refractivity contribution is 6.05. The van der Waals surface area contributed by atoms with E-state index < -0.39 is 18.1 Å². The second kappa shape index (κ2) is 7.23. The van der Waals surface area contributed by atoms with Gasteiger partial charge in [-0.15, -0.1) is 0 Å². The third-order valence-corrected chi connectivity index (χ3v) is 4.50. The van der Waals surface area contributed by atoms with Crippen molar-refractivity contribution in [3.05, 3.63) is 30.0 Å². The van der Waals surface area contributed by atoms with E-state index in [9.17, 15) is 18.8 Å². The lowest BCUT2D eigenvalue weighted by molar-refractivity contribution is -0.139. The number of carbonyl (C=O) groups is 3. The van der Waals surface area contributed by atoms with Gasteiger partial charge in [-0.05, 0) is 13.0 Å². The van der Waals surface area contributed by atoms with E-state index in [1.54, 1.807) is 31.2 Å². The maximum absolute atomic E-state index is 13.8. The number of nitrogens with zero attached hydrogens (tertiary/aromatic N) is 3. The van der Waals surface area contributed by atoms with Gasteiger partial charge in [-0.25, -0.2) is 4.39 Å². The molecular formula is C18H21FN4O3. The van der Waals surface area contributed by atoms with E-state index >= 15 is 0 Å². The fourth-order valence-electron chi connectivity index (χ4n) is 3.33. The molecular weight excluding hydrogens is 339 g/mol. The van der Waals surface area contributed by atoms with Gasteiger partial charge in [0.25, 0.3) is 0 Å². The Morgan fingerprint density at radius 2 is 2.04 bits per heavy atom. The van der Waals surface area contributed by atoms with Crippen LogP contribution in [0.25, 0.3) is 10.9 Å². The fourth-order valence-corrected chi connectivity index (χ4v) is 3.33. The van der Waals surface area contributed by atoms with Crippen molar-refractivity contribution < 1.29 is 18.8 Å². The zero-order chi connectivity index (χ0) is 18.8. The third-order valence-electron chi connectivity index (χ3n) is 4.50. The van der Waals surface area contributed by atoms with Crippen LogP contribution in [0, 0.1) is 0 Å². The van der Waals surface area contributed by atoms with E-state index in [-0.39, 0.29) is 31.2 Å². The van der Waals surface area contributed by atoms with E-state index in [1.807, 2.05) is 0 Å². The summed E-state index contributed by atoms with van der Waals surface area (Å²) in [6, 6.07) is 6.31. The molecule has 1 aromatic heterocycles. The van der Waals surface area contributed by atoms with Gasteiger partial charge in [-0.3, -0.25) is 19.1 Å². The molecule has 26 heavy (non-hydrogen) atoms. The van der Waals surface area contributed by atoms with Crippen LogP contribution in [-0.4, -0.2) is 57.6 Å². The van der Waals surface area contributed by atoms with Gasteiger partial charge in [-0.2, -0.15) is 5.10 Å². The molecule has 1 saturated heterocycles. The number of ketones is 1. The van der Waals surface area contributed by atoms with E-state index in [4.69, 9.17) is 0 Å². The van der Waals surface area contributed by atoms with E-state index in [0.717, 1.165) is 0 Å². The molecule has 2 heterocycles. The Labute approximate surface area is 150 Å². The van der Waals surface area contributed by atoms with Gasteiger partial charge in [0.2, 0.25) is 11.8 Å². The summed E-state index contributed by atoms with van der Waals surface area (Å²) in [6.07, 6.45) is -1.23. The van der Waals surface area contributed by atoms with Gasteiger partial charge in [0, 0.05) is 25.3 Å². The first-order valence-corrected chi connectivity index (χ1v) is 8.60. The molecule has 0 unspecified atom stereocenters. The van der Waals surface area contributed by atoms with Crippen molar-refractivity contribution in [1.82, 2.24) is 20.0 Å². The van der Waals surface area contributed by atoms with Crippen LogP contribution in [0.4, 0.5) is 4.39 Å². The van der Waals surface area contributed by atoms with Gasteiger partial charge in [0.05, 0.1) is 12.1 Å². The van der Waals surface area contributed by atoms with Crippen molar-refractivity contribution in [3.63, 3.8) is 0 Å². The molecule has 3 rings (SSSR count). The highest BCUT2D eigenvalue weighted by Crippen LogP contribution is 2.23. The second-order valence-corrected chi connectivity index (χ2v) is 6.37. The molecule has 0 saturated carbocycles. The molecule has 2 amide bonds. The number of Topliss-reactive ketones (excluding diaryl/α,β-unsaturated/α-hetero) is 1. The summed E-state index contributed by atoms with van der Waals surface area (Å²) < 4.78 is 15.3. The molecule has 1 aromatic carbocycles. The number of hydrogen-bond acceptors (Lipinski definition) is 4. The summed E-state index contributed by atoms with van der Waals surface area (Å²) in [5.74, 6) is -0.946. The van der Waals surface area contributed by atoms with Gasteiger partial charge in [0.15, 0.2) is 5.78 Å². The van der Waals surface area contributed by atoms with Gasteiger partial charge in [0.1, 0.15) is 24.5 Å². The molecule has 0 spiro atoms. The molecule has 0 bridgehead atoms. The number of likely N-dealkylation sites (N-methyl/N-ethyl adjacent to an activating group) is 1. The zero-order valence-corrected chi connectivity index (χ0v) is 14.7. The first-order valence-electron chi connectivity index (χ1n) is 8.60. The standard InChI is InChI=1S/C18H21FN4O3/c1-3-20-18(26)15-8-12(19)9-22(15)16(25)10-23-14-7-5-4-6-13(14)17(21-23)11(2)24/h4-7,12,15H,3,8-10H2,1-2H3,(H,20,26)/t12-,15+/m1/s1. The third kappa shape index (κ3) is 3.31. The molecule has 2 atom stereocenters. The number of likely N-dealkylation sites (tertiary alicyclic amines) is 1. The molecule has 0 aliphatic carbocycles. The van der Waals surface area contributed by atoms with Crippen LogP contribution in [0.1, 0.15) is 30.8 Å². The average molecular weight is 360 g/mol. The summed E-state index contributed by atoms with van der Waals surface area (Å²) in [7, 11) is 0. The number of nitrogens with one attached hydrogen (secondary N) is 1. The maximum atomic E-state index is 13.8. The number of alkyl halides is 1. The molecule has 1 aliphatic rings. The van der Waals surface area contributed by atoms with Gasteiger partial charge in [-0.1, -0.05) is 18.2 Å². The molecule has 8 heteroatoms. The van der Waals surface area contributed by atoms with Crippen LogP contribution < -0.4 is 5.32 Å². The summed E-state index contributed by atoms with van der Waals surface area (Å²) in [5, 5.41) is 7.55. The molecule has 1 fully saturated rings. The number of amides is 2. The summed E-state index contributed by atoms with van der Waals surface area (Å²) in [4.78, 5) is 37.9. The molecule has 1 aliphatic heterocycles. The summed E-state index contributed by atoms with van der Waals surface area (Å²) >= 11 is 0. The molecule has 2 aromatic rings. The first-order chi connectivity index (χ1) is 12.4. The highest BCUT2D eigenvalue weighted by Gasteiger charge is 2.39. The second-order valence-electron chi connectivity index (χ2n) is 6.37. The minimum absolute atomic E-state index is 0.00385. The Kier molecular flexibility index (Phi) is 5.01. The lowest BCUT2D eigenvalue weighted by Gasteiger charge is -2.23. The number of para-hydroxylation sites is 1. The lowest BCUT2D eigenvalue weighted by Crippen LogP contribution is -2.47. The van der Waals surface area contributed by atoms with Crippen LogP contribution in [0.3, 0.4) is 0 Å². The van der Waals surface area contributed by atoms with Crippen molar-refractivity contribution in [2.75, 3.05) is 13.1 Å². The van der Waals surface area contributed by atoms with E-state index in [2.05, 4.69) is 10.4 Å². The maximum Gasteiger partial charge on any atom is 0.245 e. The predicted octanol–water partition coefficient (Wildman–Crippen LogP) is 1.31.